The van der Waals surface area contributed by atoms with Gasteiger partial charge in [0.1, 0.15) is 0 Å². The summed E-state index contributed by atoms with van der Waals surface area (Å²) in [4.78, 5) is 2.37. The van der Waals surface area contributed by atoms with Crippen LogP contribution in [0, 0.1) is 0 Å². The molecule has 1 saturated heterocycles. The number of nitrogens with zero attached hydrogens (tertiary/aromatic N) is 1. The van der Waals surface area contributed by atoms with E-state index in [-0.39, 0.29) is 6.61 Å². The SMILES string of the molecule is Nc1ccccc1CCN1CCCC1CO. The smallest absolute Gasteiger partial charge is 0.0586 e. The summed E-state index contributed by atoms with van der Waals surface area (Å²) in [7, 11) is 0. The van der Waals surface area contributed by atoms with Crippen LogP contribution in [0.1, 0.15) is 18.4 Å². The molecule has 0 saturated carbocycles. The van der Waals surface area contributed by atoms with Crippen LogP contribution in [-0.4, -0.2) is 35.7 Å². The molecule has 1 atom stereocenters. The number of benzene rings is 1. The predicted octanol–water partition coefficient (Wildman–Crippen LogP) is 1.27. The molecule has 3 nitrogen and oxygen atoms in total. The number of nitrogen functional groups attached to an aromatic ring is 1. The minimum absolute atomic E-state index is 0.282. The zero-order valence-electron chi connectivity index (χ0n) is 9.60. The Morgan fingerprint density at radius 2 is 2.19 bits per heavy atom. The quantitative estimate of drug-likeness (QED) is 0.751. The molecule has 2 rings (SSSR count). The first-order chi connectivity index (χ1) is 7.81. The second-order valence-electron chi connectivity index (χ2n) is 4.46. The molecule has 0 spiro atoms. The van der Waals surface area contributed by atoms with Gasteiger partial charge in [-0.3, -0.25) is 4.90 Å². The predicted molar refractivity (Wildman–Crippen MR) is 66.2 cm³/mol. The Labute approximate surface area is 96.9 Å². The maximum atomic E-state index is 9.22. The first-order valence-electron chi connectivity index (χ1n) is 5.99. The van der Waals surface area contributed by atoms with Gasteiger partial charge in [-0.2, -0.15) is 0 Å². The van der Waals surface area contributed by atoms with Crippen molar-refractivity contribution in [2.24, 2.45) is 0 Å². The molecule has 1 aliphatic heterocycles. The Bertz CT molecular complexity index is 340. The van der Waals surface area contributed by atoms with Crippen molar-refractivity contribution in [1.82, 2.24) is 4.90 Å². The highest BCUT2D eigenvalue weighted by Crippen LogP contribution is 2.18. The molecule has 0 bridgehead atoms. The average Bonchev–Trinajstić information content (AvgIpc) is 2.75. The molecule has 0 radical (unpaired) electrons. The third kappa shape index (κ3) is 2.54. The number of hydrogen-bond donors (Lipinski definition) is 2. The molecule has 88 valence electrons. The first kappa shape index (κ1) is 11.4. The Balaban J connectivity index is 1.90. The van der Waals surface area contributed by atoms with Crippen LogP contribution in [0.15, 0.2) is 24.3 Å². The number of rotatable bonds is 4. The number of anilines is 1. The summed E-state index contributed by atoms with van der Waals surface area (Å²) >= 11 is 0. The van der Waals surface area contributed by atoms with E-state index in [1.807, 2.05) is 18.2 Å². The van der Waals surface area contributed by atoms with Gasteiger partial charge >= 0.3 is 0 Å². The molecule has 0 aromatic heterocycles. The Morgan fingerprint density at radius 3 is 2.94 bits per heavy atom. The van der Waals surface area contributed by atoms with Gasteiger partial charge in [0.25, 0.3) is 0 Å². The monoisotopic (exact) mass is 220 g/mol. The molecule has 1 aromatic carbocycles. The van der Waals surface area contributed by atoms with E-state index in [0.717, 1.165) is 31.6 Å². The number of aliphatic hydroxyl groups excluding tert-OH is 1. The molecular formula is C13H20N2O. The molecular weight excluding hydrogens is 200 g/mol. The van der Waals surface area contributed by atoms with Crippen molar-refractivity contribution in [3.63, 3.8) is 0 Å². The second kappa shape index (κ2) is 5.32. The fourth-order valence-electron chi connectivity index (χ4n) is 2.42. The van der Waals surface area contributed by atoms with Gasteiger partial charge in [0.15, 0.2) is 0 Å². The van der Waals surface area contributed by atoms with Crippen LogP contribution in [-0.2, 0) is 6.42 Å². The summed E-state index contributed by atoms with van der Waals surface area (Å²) < 4.78 is 0. The van der Waals surface area contributed by atoms with Gasteiger partial charge in [-0.1, -0.05) is 18.2 Å². The first-order valence-corrected chi connectivity index (χ1v) is 5.99. The zero-order valence-corrected chi connectivity index (χ0v) is 9.60. The van der Waals surface area contributed by atoms with Crippen molar-refractivity contribution < 1.29 is 5.11 Å². The summed E-state index contributed by atoms with van der Waals surface area (Å²) in [5, 5.41) is 9.22. The van der Waals surface area contributed by atoms with E-state index in [2.05, 4.69) is 11.0 Å². The van der Waals surface area contributed by atoms with Gasteiger partial charge in [-0.05, 0) is 37.4 Å². The minimum Gasteiger partial charge on any atom is -0.399 e. The molecule has 1 aromatic rings. The minimum atomic E-state index is 0.282. The lowest BCUT2D eigenvalue weighted by Gasteiger charge is -2.22. The van der Waals surface area contributed by atoms with Crippen LogP contribution < -0.4 is 5.73 Å². The molecule has 0 amide bonds. The van der Waals surface area contributed by atoms with Crippen molar-refractivity contribution in [2.75, 3.05) is 25.4 Å². The van der Waals surface area contributed by atoms with Crippen LogP contribution in [0.3, 0.4) is 0 Å². The molecule has 3 heteroatoms. The van der Waals surface area contributed by atoms with E-state index in [1.54, 1.807) is 0 Å². The van der Waals surface area contributed by atoms with E-state index >= 15 is 0 Å². The highest BCUT2D eigenvalue weighted by Gasteiger charge is 2.22. The summed E-state index contributed by atoms with van der Waals surface area (Å²) in [5.41, 5.74) is 8.00. The standard InChI is InChI=1S/C13H20N2O/c14-13-6-2-1-4-11(13)7-9-15-8-3-5-12(15)10-16/h1-2,4,6,12,16H,3,5,7-10,14H2. The van der Waals surface area contributed by atoms with E-state index in [1.165, 1.54) is 12.0 Å². The van der Waals surface area contributed by atoms with Crippen LogP contribution in [0.4, 0.5) is 5.69 Å². The van der Waals surface area contributed by atoms with E-state index in [0.29, 0.717) is 6.04 Å². The summed E-state index contributed by atoms with van der Waals surface area (Å²) in [6, 6.07) is 8.39. The van der Waals surface area contributed by atoms with Gasteiger partial charge < -0.3 is 10.8 Å². The van der Waals surface area contributed by atoms with Gasteiger partial charge in [-0.15, -0.1) is 0 Å². The lowest BCUT2D eigenvalue weighted by Crippen LogP contribution is -2.33. The molecule has 1 aliphatic rings. The second-order valence-corrected chi connectivity index (χ2v) is 4.46. The molecule has 0 aliphatic carbocycles. The van der Waals surface area contributed by atoms with Crippen LogP contribution in [0.2, 0.25) is 0 Å². The van der Waals surface area contributed by atoms with Gasteiger partial charge in [0.2, 0.25) is 0 Å². The highest BCUT2D eigenvalue weighted by atomic mass is 16.3. The van der Waals surface area contributed by atoms with Crippen LogP contribution in [0.25, 0.3) is 0 Å². The van der Waals surface area contributed by atoms with Crippen molar-refractivity contribution >= 4 is 5.69 Å². The van der Waals surface area contributed by atoms with Crippen molar-refractivity contribution in [3.05, 3.63) is 29.8 Å². The molecule has 1 unspecified atom stereocenters. The topological polar surface area (TPSA) is 49.5 Å². The molecule has 3 N–H and O–H groups in total. The maximum absolute atomic E-state index is 9.22. The van der Waals surface area contributed by atoms with Crippen molar-refractivity contribution in [3.8, 4) is 0 Å². The Hall–Kier alpha value is -1.06. The average molecular weight is 220 g/mol. The summed E-state index contributed by atoms with van der Waals surface area (Å²) in [6.07, 6.45) is 3.31. The van der Waals surface area contributed by atoms with Gasteiger partial charge in [-0.25, -0.2) is 0 Å². The van der Waals surface area contributed by atoms with Gasteiger partial charge in [0, 0.05) is 18.3 Å². The van der Waals surface area contributed by atoms with Crippen molar-refractivity contribution in [1.29, 1.82) is 0 Å². The van der Waals surface area contributed by atoms with Crippen molar-refractivity contribution in [2.45, 2.75) is 25.3 Å². The van der Waals surface area contributed by atoms with Crippen LogP contribution >= 0.6 is 0 Å². The lowest BCUT2D eigenvalue weighted by molar-refractivity contribution is 0.160. The zero-order chi connectivity index (χ0) is 11.4. The van der Waals surface area contributed by atoms with Gasteiger partial charge in [0.05, 0.1) is 6.61 Å². The molecule has 16 heavy (non-hydrogen) atoms. The number of aliphatic hydroxyl groups is 1. The van der Waals surface area contributed by atoms with E-state index < -0.39 is 0 Å². The summed E-state index contributed by atoms with van der Waals surface area (Å²) in [5.74, 6) is 0. The van der Waals surface area contributed by atoms with E-state index in [4.69, 9.17) is 5.73 Å². The largest absolute Gasteiger partial charge is 0.399 e. The maximum Gasteiger partial charge on any atom is 0.0586 e. The Kier molecular flexibility index (Phi) is 3.80. The lowest BCUT2D eigenvalue weighted by atomic mass is 10.1. The number of likely N-dealkylation sites (tertiary alicyclic amines) is 1. The normalized spacial score (nSPS) is 21.4. The fourth-order valence-corrected chi connectivity index (χ4v) is 2.42. The number of hydrogen-bond acceptors (Lipinski definition) is 3. The molecule has 1 fully saturated rings. The highest BCUT2D eigenvalue weighted by molar-refractivity contribution is 5.46. The third-order valence-corrected chi connectivity index (χ3v) is 3.43. The summed E-state index contributed by atoms with van der Waals surface area (Å²) in [6.45, 7) is 2.39. The fraction of sp³-hybridized carbons (Fsp3) is 0.538. The van der Waals surface area contributed by atoms with Crippen LogP contribution in [0.5, 0.6) is 0 Å². The third-order valence-electron chi connectivity index (χ3n) is 3.43. The van der Waals surface area contributed by atoms with E-state index in [9.17, 15) is 5.11 Å². The Morgan fingerprint density at radius 1 is 1.38 bits per heavy atom. The number of para-hydroxylation sites is 1. The molecule has 1 heterocycles. The number of nitrogens with two attached hydrogens (primary N) is 1.